The monoisotopic (exact) mass is 587 g/mol. The SMILES string of the molecule is CCn1c(SCC(=O)Nc2ccc(Cl)c(Cl)c2)nnc1[C@@H](CC(C)C)NC(=O)c1ccc(Cl)cc1Cl. The standard InChI is InChI=1S/C24H25Cl4N5O2S/c1-4-33-22(20(9-13(2)3)30-23(35)16-7-5-14(25)10-18(16)27)31-32-24(33)36-12-21(34)29-15-6-8-17(26)19(28)11-15/h5-8,10-11,13,20H,4,9,12H2,1-3H3,(H,29,34)(H,30,35)/t20-/m1/s1. The molecule has 3 aromatic rings. The fourth-order valence-electron chi connectivity index (χ4n) is 3.47. The van der Waals surface area contributed by atoms with Crippen LogP contribution in [0.2, 0.25) is 20.1 Å². The van der Waals surface area contributed by atoms with E-state index in [2.05, 4.69) is 34.7 Å². The summed E-state index contributed by atoms with van der Waals surface area (Å²) < 4.78 is 1.90. The van der Waals surface area contributed by atoms with Gasteiger partial charge in [0.25, 0.3) is 5.91 Å². The van der Waals surface area contributed by atoms with Crippen LogP contribution in [0.1, 0.15) is 49.4 Å². The van der Waals surface area contributed by atoms with Crippen LogP contribution in [-0.2, 0) is 11.3 Å². The van der Waals surface area contributed by atoms with Crippen molar-refractivity contribution in [1.29, 1.82) is 0 Å². The number of nitrogens with zero attached hydrogens (tertiary/aromatic N) is 3. The van der Waals surface area contributed by atoms with Gasteiger partial charge in [0.05, 0.1) is 32.4 Å². The molecule has 0 spiro atoms. The Morgan fingerprint density at radius 1 is 1.00 bits per heavy atom. The second kappa shape index (κ2) is 13.0. The van der Waals surface area contributed by atoms with Crippen LogP contribution >= 0.6 is 58.2 Å². The molecule has 0 unspecified atom stereocenters. The molecule has 1 atom stereocenters. The van der Waals surface area contributed by atoms with Gasteiger partial charge < -0.3 is 15.2 Å². The predicted molar refractivity (Wildman–Crippen MR) is 148 cm³/mol. The number of hydrogen-bond donors (Lipinski definition) is 2. The number of nitrogens with one attached hydrogen (secondary N) is 2. The first-order valence-corrected chi connectivity index (χ1v) is 13.7. The average Bonchev–Trinajstić information content (AvgIpc) is 3.22. The number of halogens is 4. The van der Waals surface area contributed by atoms with Crippen molar-refractivity contribution >= 4 is 75.7 Å². The zero-order valence-electron chi connectivity index (χ0n) is 19.8. The van der Waals surface area contributed by atoms with E-state index in [1.807, 2.05) is 11.5 Å². The first-order valence-electron chi connectivity index (χ1n) is 11.2. The summed E-state index contributed by atoms with van der Waals surface area (Å²) in [5.74, 6) is 0.432. The highest BCUT2D eigenvalue weighted by Crippen LogP contribution is 2.28. The zero-order valence-corrected chi connectivity index (χ0v) is 23.7. The van der Waals surface area contributed by atoms with Crippen LogP contribution in [0.15, 0.2) is 41.6 Å². The Morgan fingerprint density at radius 3 is 2.39 bits per heavy atom. The zero-order chi connectivity index (χ0) is 26.4. The number of amides is 2. The molecule has 7 nitrogen and oxygen atoms in total. The molecule has 0 bridgehead atoms. The summed E-state index contributed by atoms with van der Waals surface area (Å²) in [5.41, 5.74) is 0.874. The molecule has 0 aliphatic carbocycles. The summed E-state index contributed by atoms with van der Waals surface area (Å²) in [6.07, 6.45) is 0.636. The first kappa shape index (κ1) is 28.6. The number of rotatable bonds is 10. The van der Waals surface area contributed by atoms with Gasteiger partial charge >= 0.3 is 0 Å². The second-order valence-electron chi connectivity index (χ2n) is 8.33. The summed E-state index contributed by atoms with van der Waals surface area (Å²) in [5, 5.41) is 16.5. The lowest BCUT2D eigenvalue weighted by atomic mass is 10.0. The maximum atomic E-state index is 13.0. The van der Waals surface area contributed by atoms with Gasteiger partial charge in [-0.1, -0.05) is 72.0 Å². The summed E-state index contributed by atoms with van der Waals surface area (Å²) in [6, 6.07) is 9.21. The molecule has 2 N–H and O–H groups in total. The van der Waals surface area contributed by atoms with E-state index >= 15 is 0 Å². The molecule has 2 amide bonds. The van der Waals surface area contributed by atoms with Crippen molar-refractivity contribution in [3.63, 3.8) is 0 Å². The molecule has 0 aliphatic rings. The van der Waals surface area contributed by atoms with Crippen LogP contribution < -0.4 is 10.6 Å². The van der Waals surface area contributed by atoms with Crippen LogP contribution in [-0.4, -0.2) is 32.3 Å². The Hall–Kier alpha value is -1.97. The highest BCUT2D eigenvalue weighted by Gasteiger charge is 2.25. The third kappa shape index (κ3) is 7.52. The fourth-order valence-corrected chi connectivity index (χ4v) is 5.07. The van der Waals surface area contributed by atoms with Crippen molar-refractivity contribution in [2.75, 3.05) is 11.1 Å². The molecular formula is C24H25Cl4N5O2S. The number of thioether (sulfide) groups is 1. The smallest absolute Gasteiger partial charge is 0.253 e. The highest BCUT2D eigenvalue weighted by atomic mass is 35.5. The lowest BCUT2D eigenvalue weighted by Gasteiger charge is -2.21. The Morgan fingerprint density at radius 2 is 1.75 bits per heavy atom. The van der Waals surface area contributed by atoms with Crippen LogP contribution in [0, 0.1) is 5.92 Å². The minimum absolute atomic E-state index is 0.111. The summed E-state index contributed by atoms with van der Waals surface area (Å²) in [4.78, 5) is 25.5. The number of carbonyl (C=O) groups excluding carboxylic acids is 2. The highest BCUT2D eigenvalue weighted by molar-refractivity contribution is 7.99. The summed E-state index contributed by atoms with van der Waals surface area (Å²) in [7, 11) is 0. The maximum Gasteiger partial charge on any atom is 0.253 e. The van der Waals surface area contributed by atoms with Crippen molar-refractivity contribution in [1.82, 2.24) is 20.1 Å². The third-order valence-corrected chi connectivity index (χ3v) is 7.35. The van der Waals surface area contributed by atoms with Gasteiger partial charge in [-0.25, -0.2) is 0 Å². The molecule has 1 heterocycles. The fraction of sp³-hybridized carbons (Fsp3) is 0.333. The number of benzene rings is 2. The van der Waals surface area contributed by atoms with E-state index in [1.54, 1.807) is 30.3 Å². The topological polar surface area (TPSA) is 88.9 Å². The van der Waals surface area contributed by atoms with Crippen LogP contribution in [0.25, 0.3) is 0 Å². The van der Waals surface area contributed by atoms with Crippen LogP contribution in [0.4, 0.5) is 5.69 Å². The molecule has 0 saturated carbocycles. The average molecular weight is 589 g/mol. The molecular weight excluding hydrogens is 564 g/mol. The van der Waals surface area contributed by atoms with Crippen molar-refractivity contribution in [3.05, 3.63) is 67.9 Å². The van der Waals surface area contributed by atoms with Crippen molar-refractivity contribution in [2.24, 2.45) is 5.92 Å². The molecule has 2 aromatic carbocycles. The summed E-state index contributed by atoms with van der Waals surface area (Å²) in [6.45, 7) is 6.64. The molecule has 12 heteroatoms. The molecule has 0 fully saturated rings. The molecule has 36 heavy (non-hydrogen) atoms. The van der Waals surface area contributed by atoms with E-state index in [0.717, 1.165) is 0 Å². The van der Waals surface area contributed by atoms with Gasteiger partial charge in [0.2, 0.25) is 5.91 Å². The number of anilines is 1. The second-order valence-corrected chi connectivity index (χ2v) is 10.9. The van der Waals surface area contributed by atoms with E-state index in [0.29, 0.717) is 50.3 Å². The lowest BCUT2D eigenvalue weighted by molar-refractivity contribution is -0.113. The van der Waals surface area contributed by atoms with E-state index < -0.39 is 6.04 Å². The molecule has 0 radical (unpaired) electrons. The van der Waals surface area contributed by atoms with Crippen molar-refractivity contribution in [3.8, 4) is 0 Å². The third-order valence-electron chi connectivity index (χ3n) is 5.10. The van der Waals surface area contributed by atoms with E-state index in [-0.39, 0.29) is 28.5 Å². The van der Waals surface area contributed by atoms with Crippen molar-refractivity contribution in [2.45, 2.75) is 44.9 Å². The number of hydrogen-bond acceptors (Lipinski definition) is 5. The molecule has 3 rings (SSSR count). The largest absolute Gasteiger partial charge is 0.342 e. The summed E-state index contributed by atoms with van der Waals surface area (Å²) >= 11 is 25.4. The molecule has 1 aromatic heterocycles. The van der Waals surface area contributed by atoms with E-state index in [1.165, 1.54) is 17.8 Å². The van der Waals surface area contributed by atoms with E-state index in [4.69, 9.17) is 46.4 Å². The molecule has 0 saturated heterocycles. The normalized spacial score (nSPS) is 12.0. The van der Waals surface area contributed by atoms with E-state index in [9.17, 15) is 9.59 Å². The van der Waals surface area contributed by atoms with Gasteiger partial charge in [-0.15, -0.1) is 10.2 Å². The molecule has 192 valence electrons. The Labute approximate surface area is 234 Å². The quantitative estimate of drug-likeness (QED) is 0.245. The van der Waals surface area contributed by atoms with Crippen LogP contribution in [0.3, 0.4) is 0 Å². The predicted octanol–water partition coefficient (Wildman–Crippen LogP) is 7.16. The van der Waals surface area contributed by atoms with Gasteiger partial charge in [0.15, 0.2) is 11.0 Å². The van der Waals surface area contributed by atoms with Gasteiger partial charge in [0, 0.05) is 17.3 Å². The van der Waals surface area contributed by atoms with Crippen molar-refractivity contribution < 1.29 is 9.59 Å². The Balaban J connectivity index is 1.74. The Kier molecular flexibility index (Phi) is 10.3. The number of aromatic nitrogens is 3. The minimum Gasteiger partial charge on any atom is -0.342 e. The lowest BCUT2D eigenvalue weighted by Crippen LogP contribution is -2.31. The van der Waals surface area contributed by atoms with Gasteiger partial charge in [0.1, 0.15) is 0 Å². The molecule has 0 aliphatic heterocycles. The van der Waals surface area contributed by atoms with Gasteiger partial charge in [-0.2, -0.15) is 0 Å². The number of carbonyl (C=O) groups is 2. The van der Waals surface area contributed by atoms with Gasteiger partial charge in [-0.05, 0) is 55.7 Å². The first-order chi connectivity index (χ1) is 17.1. The van der Waals surface area contributed by atoms with Crippen LogP contribution in [0.5, 0.6) is 0 Å². The maximum absolute atomic E-state index is 13.0. The minimum atomic E-state index is -0.406. The Bertz CT molecular complexity index is 1250. The van der Waals surface area contributed by atoms with Gasteiger partial charge in [-0.3, -0.25) is 9.59 Å².